The zero-order valence-electron chi connectivity index (χ0n) is 17.7. The average molecular weight is 485 g/mol. The van der Waals surface area contributed by atoms with Crippen LogP contribution >= 0.6 is 15.9 Å². The van der Waals surface area contributed by atoms with Crippen molar-refractivity contribution in [1.29, 1.82) is 0 Å². The van der Waals surface area contributed by atoms with Crippen molar-refractivity contribution >= 4 is 44.3 Å². The van der Waals surface area contributed by atoms with Gasteiger partial charge in [-0.25, -0.2) is 0 Å². The first kappa shape index (κ1) is 22.7. The number of amides is 2. The minimum atomic E-state index is -0.482. The second-order valence-corrected chi connectivity index (χ2v) is 8.63. The smallest absolute Gasteiger partial charge is 0.266 e. The third kappa shape index (κ3) is 5.38. The zero-order valence-corrected chi connectivity index (χ0v) is 19.3. The summed E-state index contributed by atoms with van der Waals surface area (Å²) in [6.45, 7) is 6.84. The monoisotopic (exact) mass is 484 g/mol. The van der Waals surface area contributed by atoms with E-state index in [9.17, 15) is 14.7 Å². The van der Waals surface area contributed by atoms with Gasteiger partial charge in [-0.15, -0.1) is 10.2 Å². The quantitative estimate of drug-likeness (QED) is 0.433. The van der Waals surface area contributed by atoms with Crippen LogP contribution in [0, 0.1) is 12.8 Å². The van der Waals surface area contributed by atoms with Gasteiger partial charge in [-0.05, 0) is 53.0 Å². The number of fused-ring (bicyclic) bond motifs is 1. The number of aromatic hydroxyl groups is 1. The Balaban J connectivity index is 1.70. The molecular weight excluding hydrogens is 460 g/mol. The van der Waals surface area contributed by atoms with Crippen LogP contribution < -0.4 is 5.32 Å². The first-order chi connectivity index (χ1) is 14.8. The summed E-state index contributed by atoms with van der Waals surface area (Å²) >= 11 is 3.33. The van der Waals surface area contributed by atoms with Crippen LogP contribution in [0.25, 0.3) is 10.9 Å². The number of aromatic nitrogens is 1. The molecule has 3 rings (SSSR count). The molecule has 0 saturated heterocycles. The highest BCUT2D eigenvalue weighted by Gasteiger charge is 2.18. The lowest BCUT2D eigenvalue weighted by molar-refractivity contribution is -0.118. The Labute approximate surface area is 189 Å². The van der Waals surface area contributed by atoms with Gasteiger partial charge >= 0.3 is 0 Å². The van der Waals surface area contributed by atoms with Gasteiger partial charge in [0.15, 0.2) is 5.69 Å². The number of halogens is 1. The van der Waals surface area contributed by atoms with Crippen molar-refractivity contribution in [2.75, 3.05) is 6.54 Å². The van der Waals surface area contributed by atoms with Crippen LogP contribution in [0.15, 0.2) is 57.2 Å². The summed E-state index contributed by atoms with van der Waals surface area (Å²) in [4.78, 5) is 24.4. The summed E-state index contributed by atoms with van der Waals surface area (Å²) < 4.78 is 2.47. The van der Waals surface area contributed by atoms with Crippen LogP contribution in [0.2, 0.25) is 0 Å². The molecule has 0 aliphatic heterocycles. The molecule has 0 atom stereocenters. The highest BCUT2D eigenvalue weighted by atomic mass is 79.9. The van der Waals surface area contributed by atoms with Crippen LogP contribution in [0.5, 0.6) is 5.88 Å². The van der Waals surface area contributed by atoms with Gasteiger partial charge in [0.1, 0.15) is 0 Å². The molecule has 7 nitrogen and oxygen atoms in total. The molecule has 0 spiro atoms. The van der Waals surface area contributed by atoms with E-state index in [1.165, 1.54) is 0 Å². The molecule has 31 heavy (non-hydrogen) atoms. The largest absolute Gasteiger partial charge is 0.493 e. The van der Waals surface area contributed by atoms with Gasteiger partial charge in [0, 0.05) is 29.4 Å². The van der Waals surface area contributed by atoms with Crippen molar-refractivity contribution in [3.63, 3.8) is 0 Å². The van der Waals surface area contributed by atoms with Gasteiger partial charge < -0.3 is 15.0 Å². The van der Waals surface area contributed by atoms with Gasteiger partial charge in [-0.2, -0.15) is 0 Å². The van der Waals surface area contributed by atoms with E-state index in [-0.39, 0.29) is 30.4 Å². The molecule has 0 fully saturated rings. The maximum absolute atomic E-state index is 12.2. The van der Waals surface area contributed by atoms with Crippen LogP contribution in [0.4, 0.5) is 5.69 Å². The third-order valence-corrected chi connectivity index (χ3v) is 5.41. The van der Waals surface area contributed by atoms with Crippen LogP contribution in [0.1, 0.15) is 36.2 Å². The molecule has 0 aliphatic rings. The zero-order chi connectivity index (χ0) is 22.5. The Morgan fingerprint density at radius 2 is 1.94 bits per heavy atom. The third-order valence-electron chi connectivity index (χ3n) is 4.72. The summed E-state index contributed by atoms with van der Waals surface area (Å²) in [7, 11) is 0. The van der Waals surface area contributed by atoms with Gasteiger partial charge in [0.2, 0.25) is 5.88 Å². The molecule has 0 saturated carbocycles. The first-order valence-electron chi connectivity index (χ1n) is 10.1. The van der Waals surface area contributed by atoms with E-state index >= 15 is 0 Å². The molecule has 0 aliphatic carbocycles. The molecular formula is C23H25BrN4O3. The van der Waals surface area contributed by atoms with Crippen LogP contribution in [-0.4, -0.2) is 28.0 Å². The molecule has 0 unspecified atom stereocenters. The van der Waals surface area contributed by atoms with E-state index in [4.69, 9.17) is 0 Å². The summed E-state index contributed by atoms with van der Waals surface area (Å²) in [5.41, 5.74) is 2.64. The molecule has 2 amide bonds. The number of aryl methyl sites for hydroxylation is 1. The van der Waals surface area contributed by atoms with E-state index in [2.05, 4.69) is 45.3 Å². The summed E-state index contributed by atoms with van der Waals surface area (Å²) in [6.07, 6.45) is 0.00408. The number of carbonyl (C=O) groups excluding carboxylic acids is 2. The number of rotatable bonds is 7. The fourth-order valence-corrected chi connectivity index (χ4v) is 3.73. The molecule has 2 aromatic carbocycles. The maximum atomic E-state index is 12.2. The SMILES string of the molecule is Cc1ccc2c(c1)c(N=NC(=O)CCNC(=O)c1ccccc1Br)c(O)n2CC(C)C. The molecule has 1 heterocycles. The standard InChI is InChI=1S/C23H25BrN4O3/c1-14(2)13-28-19-9-8-15(3)12-17(19)21(23(28)31)27-26-20(29)10-11-25-22(30)16-6-4-5-7-18(16)24/h4-9,12,14,31H,10-11,13H2,1-3H3,(H,25,30). The lowest BCUT2D eigenvalue weighted by Crippen LogP contribution is -2.26. The topological polar surface area (TPSA) is 96.1 Å². The predicted molar refractivity (Wildman–Crippen MR) is 124 cm³/mol. The molecule has 0 radical (unpaired) electrons. The number of benzene rings is 2. The number of hydrogen-bond acceptors (Lipinski definition) is 4. The minimum Gasteiger partial charge on any atom is -0.493 e. The van der Waals surface area contributed by atoms with Crippen LogP contribution in [-0.2, 0) is 11.3 Å². The van der Waals surface area contributed by atoms with Crippen molar-refractivity contribution in [2.45, 2.75) is 33.7 Å². The second kappa shape index (κ2) is 9.87. The van der Waals surface area contributed by atoms with E-state index in [1.807, 2.05) is 31.2 Å². The fraction of sp³-hybridized carbons (Fsp3) is 0.304. The average Bonchev–Trinajstić information content (AvgIpc) is 2.96. The van der Waals surface area contributed by atoms with Gasteiger partial charge in [0.25, 0.3) is 11.8 Å². The Morgan fingerprint density at radius 1 is 1.19 bits per heavy atom. The van der Waals surface area contributed by atoms with E-state index in [1.54, 1.807) is 22.8 Å². The Hall–Kier alpha value is -3.00. The molecule has 1 aromatic heterocycles. The maximum Gasteiger partial charge on any atom is 0.266 e. The Morgan fingerprint density at radius 3 is 2.65 bits per heavy atom. The van der Waals surface area contributed by atoms with Crippen molar-refractivity contribution in [2.24, 2.45) is 16.1 Å². The predicted octanol–water partition coefficient (Wildman–Crippen LogP) is 5.50. The molecule has 0 bridgehead atoms. The Kier molecular flexibility index (Phi) is 7.22. The van der Waals surface area contributed by atoms with Crippen molar-refractivity contribution < 1.29 is 14.7 Å². The highest BCUT2D eigenvalue weighted by Crippen LogP contribution is 2.39. The van der Waals surface area contributed by atoms with Crippen molar-refractivity contribution in [3.05, 3.63) is 58.1 Å². The van der Waals surface area contributed by atoms with E-state index < -0.39 is 5.91 Å². The second-order valence-electron chi connectivity index (χ2n) is 7.78. The number of azo groups is 1. The molecule has 8 heteroatoms. The fourth-order valence-electron chi connectivity index (χ4n) is 3.27. The molecule has 162 valence electrons. The first-order valence-corrected chi connectivity index (χ1v) is 10.9. The van der Waals surface area contributed by atoms with Crippen molar-refractivity contribution in [3.8, 4) is 5.88 Å². The van der Waals surface area contributed by atoms with Crippen LogP contribution in [0.3, 0.4) is 0 Å². The van der Waals surface area contributed by atoms with Gasteiger partial charge in [-0.1, -0.05) is 37.6 Å². The van der Waals surface area contributed by atoms with E-state index in [0.717, 1.165) is 16.5 Å². The lowest BCUT2D eigenvalue weighted by Gasteiger charge is -2.09. The van der Waals surface area contributed by atoms with Crippen molar-refractivity contribution in [1.82, 2.24) is 9.88 Å². The molecule has 3 aromatic rings. The van der Waals surface area contributed by atoms with Gasteiger partial charge in [-0.3, -0.25) is 9.59 Å². The highest BCUT2D eigenvalue weighted by molar-refractivity contribution is 9.10. The Bertz CT molecular complexity index is 1150. The summed E-state index contributed by atoms with van der Waals surface area (Å²) in [5, 5.41) is 22.0. The number of hydrogen-bond donors (Lipinski definition) is 2. The number of nitrogens with zero attached hydrogens (tertiary/aromatic N) is 3. The van der Waals surface area contributed by atoms with E-state index in [0.29, 0.717) is 22.5 Å². The normalized spacial score (nSPS) is 11.5. The summed E-state index contributed by atoms with van der Waals surface area (Å²) in [6, 6.07) is 12.9. The van der Waals surface area contributed by atoms with Gasteiger partial charge in [0.05, 0.1) is 11.1 Å². The summed E-state index contributed by atoms with van der Waals surface area (Å²) in [5.74, 6) is -0.443. The number of carbonyl (C=O) groups is 2. The lowest BCUT2D eigenvalue weighted by atomic mass is 10.1. The minimum absolute atomic E-state index is 0.00408. The number of nitrogens with one attached hydrogen (secondary N) is 1. The molecule has 2 N–H and O–H groups in total.